The van der Waals surface area contributed by atoms with Gasteiger partial charge in [-0.1, -0.05) is 43.4 Å². The van der Waals surface area contributed by atoms with Crippen molar-refractivity contribution >= 4 is 17.5 Å². The first-order valence-corrected chi connectivity index (χ1v) is 11.2. The fraction of sp³-hybridized carbons (Fsp3) is 0.565. The van der Waals surface area contributed by atoms with Crippen LogP contribution in [-0.4, -0.2) is 55.4 Å². The van der Waals surface area contributed by atoms with Crippen LogP contribution in [0.3, 0.4) is 0 Å². The van der Waals surface area contributed by atoms with E-state index in [9.17, 15) is 20.1 Å². The van der Waals surface area contributed by atoms with Crippen molar-refractivity contribution in [2.24, 2.45) is 0 Å². The molecule has 0 spiro atoms. The van der Waals surface area contributed by atoms with Crippen LogP contribution in [0.5, 0.6) is 0 Å². The van der Waals surface area contributed by atoms with Crippen LogP contribution in [0.4, 0.5) is 0 Å². The molecule has 1 unspecified atom stereocenters. The van der Waals surface area contributed by atoms with Crippen LogP contribution < -0.4 is 5.32 Å². The van der Waals surface area contributed by atoms with Crippen molar-refractivity contribution in [3.8, 4) is 11.3 Å². The molecule has 0 aliphatic heterocycles. The minimum absolute atomic E-state index is 0.148. The first-order valence-electron chi connectivity index (χ1n) is 10.8. The number of benzene rings is 1. The standard InChI is InChI=1S/C23H32ClN3O4/c1-16-11-20(26-27(16)14-22(2,30)15-28)17-7-8-19(24)18(12-17)21(29)25-13-23(31)9-5-3-4-6-10-23/h7-8,11-12,28,30-31H,3-6,9-10,13-15H2,1-2H3,(H,25,29). The number of rotatable bonds is 7. The van der Waals surface area contributed by atoms with Gasteiger partial charge in [-0.3, -0.25) is 9.48 Å². The lowest BCUT2D eigenvalue weighted by Crippen LogP contribution is -2.42. The largest absolute Gasteiger partial charge is 0.393 e. The summed E-state index contributed by atoms with van der Waals surface area (Å²) in [5, 5.41) is 37.9. The van der Waals surface area contributed by atoms with Crippen LogP contribution in [0.15, 0.2) is 24.3 Å². The van der Waals surface area contributed by atoms with Crippen molar-refractivity contribution in [1.29, 1.82) is 0 Å². The molecule has 1 aromatic heterocycles. The van der Waals surface area contributed by atoms with Crippen molar-refractivity contribution in [1.82, 2.24) is 15.1 Å². The molecule has 8 heteroatoms. The van der Waals surface area contributed by atoms with Crippen molar-refractivity contribution in [2.75, 3.05) is 13.2 Å². The van der Waals surface area contributed by atoms with Gasteiger partial charge in [-0.25, -0.2) is 0 Å². The van der Waals surface area contributed by atoms with E-state index < -0.39 is 11.2 Å². The fourth-order valence-corrected chi connectivity index (χ4v) is 4.15. The number of aliphatic hydroxyl groups excluding tert-OH is 1. The average molecular weight is 450 g/mol. The molecule has 1 heterocycles. The van der Waals surface area contributed by atoms with Crippen LogP contribution in [0.1, 0.15) is 61.5 Å². The Morgan fingerprint density at radius 3 is 2.58 bits per heavy atom. The van der Waals surface area contributed by atoms with Crippen molar-refractivity contribution in [2.45, 2.75) is 70.1 Å². The fourth-order valence-electron chi connectivity index (χ4n) is 3.95. The van der Waals surface area contributed by atoms with Gasteiger partial charge in [0.15, 0.2) is 0 Å². The molecule has 1 saturated carbocycles. The minimum Gasteiger partial charge on any atom is -0.393 e. The number of halogens is 1. The van der Waals surface area contributed by atoms with Gasteiger partial charge in [-0.15, -0.1) is 0 Å². The second-order valence-corrected chi connectivity index (χ2v) is 9.41. The summed E-state index contributed by atoms with van der Waals surface area (Å²) in [5.74, 6) is -0.330. The van der Waals surface area contributed by atoms with E-state index in [2.05, 4.69) is 10.4 Å². The summed E-state index contributed by atoms with van der Waals surface area (Å²) >= 11 is 6.29. The first-order chi connectivity index (χ1) is 14.6. The summed E-state index contributed by atoms with van der Waals surface area (Å²) in [6.07, 6.45) is 5.54. The maximum atomic E-state index is 12.8. The summed E-state index contributed by atoms with van der Waals surface area (Å²) in [6, 6.07) is 6.98. The highest BCUT2D eigenvalue weighted by Crippen LogP contribution is 2.28. The Hall–Kier alpha value is -1.93. The lowest BCUT2D eigenvalue weighted by molar-refractivity contribution is -0.0149. The number of aryl methyl sites for hydroxylation is 1. The Balaban J connectivity index is 1.76. The van der Waals surface area contributed by atoms with Crippen LogP contribution in [0.25, 0.3) is 11.3 Å². The van der Waals surface area contributed by atoms with Gasteiger partial charge in [0.05, 0.1) is 35.0 Å². The van der Waals surface area contributed by atoms with Crippen LogP contribution in [0, 0.1) is 6.92 Å². The van der Waals surface area contributed by atoms with Gasteiger partial charge >= 0.3 is 0 Å². The molecule has 31 heavy (non-hydrogen) atoms. The molecule has 4 N–H and O–H groups in total. The normalized spacial score (nSPS) is 18.3. The molecule has 7 nitrogen and oxygen atoms in total. The maximum absolute atomic E-state index is 12.8. The van der Waals surface area contributed by atoms with Gasteiger partial charge in [0.2, 0.25) is 0 Å². The lowest BCUT2D eigenvalue weighted by Gasteiger charge is -2.26. The molecule has 1 fully saturated rings. The lowest BCUT2D eigenvalue weighted by atomic mass is 9.94. The Labute approximate surface area is 188 Å². The summed E-state index contributed by atoms with van der Waals surface area (Å²) < 4.78 is 1.63. The predicted octanol–water partition coefficient (Wildman–Crippen LogP) is 3.07. The van der Waals surface area contributed by atoms with E-state index in [1.165, 1.54) is 0 Å². The molecule has 0 bridgehead atoms. The van der Waals surface area contributed by atoms with Crippen LogP contribution >= 0.6 is 11.6 Å². The molecule has 0 radical (unpaired) electrons. The molecule has 1 aliphatic carbocycles. The number of aromatic nitrogens is 2. The van der Waals surface area contributed by atoms with E-state index in [1.807, 2.05) is 13.0 Å². The van der Waals surface area contributed by atoms with Gasteiger partial charge in [0.1, 0.15) is 5.60 Å². The van der Waals surface area contributed by atoms with E-state index >= 15 is 0 Å². The number of amides is 1. The molecule has 1 amide bonds. The van der Waals surface area contributed by atoms with Gasteiger partial charge in [0.25, 0.3) is 5.91 Å². The number of hydrogen-bond donors (Lipinski definition) is 4. The van der Waals surface area contributed by atoms with Crippen LogP contribution in [-0.2, 0) is 6.54 Å². The highest BCUT2D eigenvalue weighted by Gasteiger charge is 2.29. The third kappa shape index (κ3) is 6.07. The van der Waals surface area contributed by atoms with E-state index in [0.717, 1.165) is 31.4 Å². The number of carbonyl (C=O) groups excluding carboxylic acids is 1. The van der Waals surface area contributed by atoms with E-state index in [-0.39, 0.29) is 25.6 Å². The van der Waals surface area contributed by atoms with Gasteiger partial charge in [0, 0.05) is 17.8 Å². The molecule has 3 rings (SSSR count). The van der Waals surface area contributed by atoms with Gasteiger partial charge < -0.3 is 20.6 Å². The van der Waals surface area contributed by atoms with Crippen molar-refractivity contribution in [3.05, 3.63) is 40.5 Å². The SMILES string of the molecule is Cc1cc(-c2ccc(Cl)c(C(=O)NCC3(O)CCCCCC3)c2)nn1CC(C)(O)CO. The Bertz CT molecular complexity index is 918. The molecule has 2 aromatic rings. The van der Waals surface area contributed by atoms with E-state index in [1.54, 1.807) is 29.8 Å². The zero-order chi connectivity index (χ0) is 22.6. The summed E-state index contributed by atoms with van der Waals surface area (Å²) in [5.41, 5.74) is 0.353. The quantitative estimate of drug-likeness (QED) is 0.486. The topological polar surface area (TPSA) is 108 Å². The Morgan fingerprint density at radius 2 is 1.94 bits per heavy atom. The minimum atomic E-state index is -1.28. The van der Waals surface area contributed by atoms with Gasteiger partial charge in [-0.2, -0.15) is 5.10 Å². The smallest absolute Gasteiger partial charge is 0.252 e. The zero-order valence-corrected chi connectivity index (χ0v) is 19.0. The molecule has 1 atom stereocenters. The summed E-state index contributed by atoms with van der Waals surface area (Å²) in [4.78, 5) is 12.8. The van der Waals surface area contributed by atoms with Crippen molar-refractivity contribution in [3.63, 3.8) is 0 Å². The first kappa shape index (κ1) is 23.7. The molecule has 1 aliphatic rings. The predicted molar refractivity (Wildman–Crippen MR) is 120 cm³/mol. The maximum Gasteiger partial charge on any atom is 0.252 e. The molecule has 1 aromatic carbocycles. The summed E-state index contributed by atoms with van der Waals surface area (Å²) in [6.45, 7) is 3.38. The monoisotopic (exact) mass is 449 g/mol. The third-order valence-corrected chi connectivity index (χ3v) is 6.26. The molecule has 170 valence electrons. The summed E-state index contributed by atoms with van der Waals surface area (Å²) in [7, 11) is 0. The number of hydrogen-bond acceptors (Lipinski definition) is 5. The average Bonchev–Trinajstić information content (AvgIpc) is 2.94. The third-order valence-electron chi connectivity index (χ3n) is 5.93. The molecule has 0 saturated heterocycles. The number of nitrogens with zero attached hydrogens (tertiary/aromatic N) is 2. The Morgan fingerprint density at radius 1 is 1.26 bits per heavy atom. The number of aliphatic hydroxyl groups is 3. The second-order valence-electron chi connectivity index (χ2n) is 9.00. The van der Waals surface area contributed by atoms with E-state index in [0.29, 0.717) is 34.7 Å². The second kappa shape index (κ2) is 9.69. The highest BCUT2D eigenvalue weighted by atomic mass is 35.5. The van der Waals surface area contributed by atoms with E-state index in [4.69, 9.17) is 11.6 Å². The Kier molecular flexibility index (Phi) is 7.42. The molecular weight excluding hydrogens is 418 g/mol. The van der Waals surface area contributed by atoms with Gasteiger partial charge in [-0.05, 0) is 44.9 Å². The molecular formula is C23H32ClN3O4. The highest BCUT2D eigenvalue weighted by molar-refractivity contribution is 6.34. The number of nitrogens with one attached hydrogen (secondary N) is 1. The van der Waals surface area contributed by atoms with Crippen LogP contribution in [0.2, 0.25) is 5.02 Å². The number of carbonyl (C=O) groups is 1. The zero-order valence-electron chi connectivity index (χ0n) is 18.2. The van der Waals surface area contributed by atoms with Crippen molar-refractivity contribution < 1.29 is 20.1 Å².